The fourth-order valence-corrected chi connectivity index (χ4v) is 9.13. The summed E-state index contributed by atoms with van der Waals surface area (Å²) >= 11 is 0. The number of benzene rings is 8. The van der Waals surface area contributed by atoms with Crippen LogP contribution < -0.4 is 15.9 Å². The second-order valence-electron chi connectivity index (χ2n) is 11.1. The number of fused-ring (bicyclic) bond motifs is 6. The van der Waals surface area contributed by atoms with Gasteiger partial charge in [-0.25, -0.2) is 8.78 Å². The van der Waals surface area contributed by atoms with Crippen molar-refractivity contribution in [2.24, 2.45) is 0 Å². The van der Waals surface area contributed by atoms with Crippen LogP contribution in [0, 0.1) is 11.6 Å². The fourth-order valence-electron chi connectivity index (χ4n) is 6.53. The molecule has 0 N–H and O–H groups in total. The van der Waals surface area contributed by atoms with E-state index in [1.807, 2.05) is 24.3 Å². The third kappa shape index (κ3) is 4.16. The van der Waals surface area contributed by atoms with Crippen molar-refractivity contribution in [3.63, 3.8) is 0 Å². The minimum Gasteiger partial charge on any atom is -0.309 e. The summed E-state index contributed by atoms with van der Waals surface area (Å²) in [7, 11) is -3.42. The van der Waals surface area contributed by atoms with Gasteiger partial charge in [-0.1, -0.05) is 97.1 Å². The first-order valence-corrected chi connectivity index (χ1v) is 16.2. The zero-order valence-electron chi connectivity index (χ0n) is 23.5. The molecule has 0 aliphatic heterocycles. The van der Waals surface area contributed by atoms with Gasteiger partial charge in [0.15, 0.2) is 7.14 Å². The van der Waals surface area contributed by atoms with E-state index in [4.69, 9.17) is 0 Å². The van der Waals surface area contributed by atoms with E-state index in [1.54, 1.807) is 24.3 Å². The summed E-state index contributed by atoms with van der Waals surface area (Å²) in [6.07, 6.45) is 0. The fraction of sp³-hybridized carbons (Fsp3) is 0. The third-order valence-electron chi connectivity index (χ3n) is 8.67. The van der Waals surface area contributed by atoms with Crippen molar-refractivity contribution in [1.29, 1.82) is 0 Å². The molecule has 0 fully saturated rings. The molecule has 0 aliphatic carbocycles. The Morgan fingerprint density at radius 2 is 0.795 bits per heavy atom. The molecule has 8 aromatic rings. The third-order valence-corrected chi connectivity index (χ3v) is 11.7. The van der Waals surface area contributed by atoms with Crippen molar-refractivity contribution in [2.75, 3.05) is 0 Å². The molecule has 1 nitrogen and oxygen atoms in total. The lowest BCUT2D eigenvalue weighted by Crippen LogP contribution is -2.25. The van der Waals surface area contributed by atoms with E-state index in [2.05, 4.69) is 78.9 Å². The predicted molar refractivity (Wildman–Crippen MR) is 181 cm³/mol. The Morgan fingerprint density at radius 3 is 1.25 bits per heavy atom. The largest absolute Gasteiger partial charge is 0.309 e. The van der Waals surface area contributed by atoms with E-state index in [1.165, 1.54) is 56.6 Å². The molecular weight excluding hydrogens is 565 g/mol. The average molecular weight is 591 g/mol. The van der Waals surface area contributed by atoms with Gasteiger partial charge in [0.25, 0.3) is 0 Å². The standard InChI is InChI=1S/C40H25F2OP/c41-29-13-19-32(20-14-29)44(43,33-21-15-30(42)16-22-33)31-17-9-28(10-18-31)40-36-23-11-26-5-1-3-7-34(26)38(36)25-39-35-8-4-2-6-27(35)12-24-37(39)40/h1-25H. The van der Waals surface area contributed by atoms with Gasteiger partial charge in [-0.2, -0.15) is 0 Å². The van der Waals surface area contributed by atoms with Crippen molar-refractivity contribution in [3.8, 4) is 11.1 Å². The quantitative estimate of drug-likeness (QED) is 0.113. The Morgan fingerprint density at radius 1 is 0.386 bits per heavy atom. The van der Waals surface area contributed by atoms with E-state index in [9.17, 15) is 13.3 Å². The molecule has 0 aliphatic rings. The zero-order chi connectivity index (χ0) is 29.8. The molecule has 0 bridgehead atoms. The molecule has 0 amide bonds. The second-order valence-corrected chi connectivity index (χ2v) is 13.9. The highest BCUT2D eigenvalue weighted by Crippen LogP contribution is 2.45. The van der Waals surface area contributed by atoms with Crippen LogP contribution in [0.5, 0.6) is 0 Å². The monoisotopic (exact) mass is 590 g/mol. The Hall–Kier alpha value is -5.11. The lowest BCUT2D eigenvalue weighted by atomic mass is 9.88. The molecule has 0 radical (unpaired) electrons. The van der Waals surface area contributed by atoms with Gasteiger partial charge >= 0.3 is 0 Å². The summed E-state index contributed by atoms with van der Waals surface area (Å²) in [5, 5.41) is 11.0. The van der Waals surface area contributed by atoms with Crippen LogP contribution in [-0.4, -0.2) is 0 Å². The van der Waals surface area contributed by atoms with Crippen LogP contribution in [0.3, 0.4) is 0 Å². The van der Waals surface area contributed by atoms with Crippen LogP contribution in [-0.2, 0) is 4.57 Å². The van der Waals surface area contributed by atoms with Gasteiger partial charge in [0, 0.05) is 15.9 Å². The molecule has 0 spiro atoms. The number of halogens is 2. The maximum Gasteiger partial charge on any atom is 0.171 e. The summed E-state index contributed by atoms with van der Waals surface area (Å²) in [5.41, 5.74) is 2.11. The van der Waals surface area contributed by atoms with Gasteiger partial charge in [-0.05, 0) is 109 Å². The lowest BCUT2D eigenvalue weighted by Gasteiger charge is -2.21. The lowest BCUT2D eigenvalue weighted by molar-refractivity contribution is 0.592. The SMILES string of the molecule is O=P(c1ccc(F)cc1)(c1ccc(F)cc1)c1ccc(-c2c3ccc4ccccc4c3cc3c2ccc2ccccc23)cc1. The molecule has 44 heavy (non-hydrogen) atoms. The first-order chi connectivity index (χ1) is 21.5. The van der Waals surface area contributed by atoms with E-state index in [-0.39, 0.29) is 0 Å². The van der Waals surface area contributed by atoms with Crippen LogP contribution >= 0.6 is 7.14 Å². The Kier molecular flexibility index (Phi) is 6.18. The molecule has 8 aromatic carbocycles. The van der Waals surface area contributed by atoms with Crippen molar-refractivity contribution in [3.05, 3.63) is 163 Å². The van der Waals surface area contributed by atoms with Gasteiger partial charge in [0.1, 0.15) is 11.6 Å². The van der Waals surface area contributed by atoms with Crippen LogP contribution in [0.2, 0.25) is 0 Å². The highest BCUT2D eigenvalue weighted by Gasteiger charge is 2.30. The average Bonchev–Trinajstić information content (AvgIpc) is 3.07. The summed E-state index contributed by atoms with van der Waals surface area (Å²) in [5.74, 6) is -0.810. The maximum atomic E-state index is 15.0. The predicted octanol–water partition coefficient (Wildman–Crippen LogP) is 9.88. The van der Waals surface area contributed by atoms with Gasteiger partial charge in [0.05, 0.1) is 0 Å². The van der Waals surface area contributed by atoms with E-state index >= 15 is 0 Å². The van der Waals surface area contributed by atoms with Crippen LogP contribution in [0.1, 0.15) is 0 Å². The van der Waals surface area contributed by atoms with Gasteiger partial charge < -0.3 is 4.57 Å². The summed E-state index contributed by atoms with van der Waals surface area (Å²) in [6.45, 7) is 0. The number of hydrogen-bond acceptors (Lipinski definition) is 1. The van der Waals surface area contributed by atoms with Gasteiger partial charge in [0.2, 0.25) is 0 Å². The molecule has 210 valence electrons. The summed E-state index contributed by atoms with van der Waals surface area (Å²) in [6, 6.07) is 47.2. The molecule has 0 atom stereocenters. The van der Waals surface area contributed by atoms with Crippen molar-refractivity contribution < 1.29 is 13.3 Å². The normalized spacial score (nSPS) is 12.0. The molecule has 0 saturated carbocycles. The molecule has 0 saturated heterocycles. The highest BCUT2D eigenvalue weighted by molar-refractivity contribution is 7.85. The van der Waals surface area contributed by atoms with Crippen molar-refractivity contribution >= 4 is 66.1 Å². The maximum absolute atomic E-state index is 15.0. The Labute approximate surface area is 253 Å². The topological polar surface area (TPSA) is 17.1 Å². The van der Waals surface area contributed by atoms with E-state index in [0.717, 1.165) is 21.9 Å². The highest BCUT2D eigenvalue weighted by atomic mass is 31.2. The minimum absolute atomic E-state index is 0.405. The van der Waals surface area contributed by atoms with Gasteiger partial charge in [-0.3, -0.25) is 0 Å². The van der Waals surface area contributed by atoms with Gasteiger partial charge in [-0.15, -0.1) is 0 Å². The summed E-state index contributed by atoms with van der Waals surface area (Å²) in [4.78, 5) is 0. The van der Waals surface area contributed by atoms with E-state index < -0.39 is 18.8 Å². The number of hydrogen-bond donors (Lipinski definition) is 0. The Bertz CT molecular complexity index is 2270. The molecular formula is C40H25F2OP. The van der Waals surface area contributed by atoms with Crippen LogP contribution in [0.25, 0.3) is 54.2 Å². The van der Waals surface area contributed by atoms with E-state index in [0.29, 0.717) is 15.9 Å². The molecule has 0 unspecified atom stereocenters. The molecule has 0 heterocycles. The smallest absolute Gasteiger partial charge is 0.171 e. The molecule has 0 aromatic heterocycles. The summed E-state index contributed by atoms with van der Waals surface area (Å²) < 4.78 is 42.7. The van der Waals surface area contributed by atoms with Crippen LogP contribution in [0.15, 0.2) is 152 Å². The Balaban J connectivity index is 1.39. The molecule has 8 rings (SSSR count). The van der Waals surface area contributed by atoms with Crippen molar-refractivity contribution in [1.82, 2.24) is 0 Å². The zero-order valence-corrected chi connectivity index (χ0v) is 24.4. The first-order valence-electron chi connectivity index (χ1n) is 14.5. The first kappa shape index (κ1) is 26.5. The minimum atomic E-state index is -3.42. The van der Waals surface area contributed by atoms with Crippen LogP contribution in [0.4, 0.5) is 8.78 Å². The second kappa shape index (κ2) is 10.3. The number of rotatable bonds is 4. The van der Waals surface area contributed by atoms with Crippen molar-refractivity contribution in [2.45, 2.75) is 0 Å². The molecule has 4 heteroatoms.